The van der Waals surface area contributed by atoms with E-state index in [2.05, 4.69) is 45.9 Å². The van der Waals surface area contributed by atoms with E-state index in [1.54, 1.807) is 0 Å². The molecule has 0 saturated heterocycles. The van der Waals surface area contributed by atoms with Crippen molar-refractivity contribution < 1.29 is 9.53 Å². The van der Waals surface area contributed by atoms with Crippen LogP contribution in [-0.4, -0.2) is 18.1 Å². The van der Waals surface area contributed by atoms with E-state index in [-0.39, 0.29) is 16.8 Å². The van der Waals surface area contributed by atoms with Crippen LogP contribution in [0.4, 0.5) is 0 Å². The van der Waals surface area contributed by atoms with Gasteiger partial charge in [-0.2, -0.15) is 0 Å². The Morgan fingerprint density at radius 1 is 0.875 bits per heavy atom. The fourth-order valence-corrected chi connectivity index (χ4v) is 5.50. The number of rotatable bonds is 2. The van der Waals surface area contributed by atoms with Crippen LogP contribution in [0, 0.1) is 0 Å². The van der Waals surface area contributed by atoms with E-state index in [0.29, 0.717) is 5.56 Å². The Bertz CT molecular complexity index is 1220. The minimum Gasteiger partial charge on any atom is -0.465 e. The van der Waals surface area contributed by atoms with Gasteiger partial charge in [0.2, 0.25) is 0 Å². The number of aromatic nitrogens is 1. The first-order valence-corrected chi connectivity index (χ1v) is 11.6. The molecule has 0 atom stereocenters. The number of carbonyl (C=O) groups is 1. The molecule has 1 aromatic heterocycles. The standard InChI is InChI=1S/C29H31NO2/c1-28(2)13-14-29(3,4)25-17-23-20(16-24(25)28)10-11-22-21(12-15-30-26(22)23)18-6-8-19(9-7-18)27(31)32-5/h6-9,12,15-17H,10-11,13-14H2,1-5H3. The van der Waals surface area contributed by atoms with Crippen molar-refractivity contribution in [3.63, 3.8) is 0 Å². The second kappa shape index (κ2) is 7.30. The van der Waals surface area contributed by atoms with Gasteiger partial charge < -0.3 is 4.74 Å². The number of carbonyl (C=O) groups excluding carboxylic acids is 1. The summed E-state index contributed by atoms with van der Waals surface area (Å²) in [5, 5.41) is 0. The number of ether oxygens (including phenoxy) is 1. The molecule has 1 heterocycles. The summed E-state index contributed by atoms with van der Waals surface area (Å²) in [6.45, 7) is 9.53. The van der Waals surface area contributed by atoms with Crippen LogP contribution in [0.1, 0.15) is 73.1 Å². The first kappa shape index (κ1) is 20.9. The number of fused-ring (bicyclic) bond motifs is 4. The molecule has 0 radical (unpaired) electrons. The number of benzene rings is 2. The smallest absolute Gasteiger partial charge is 0.337 e. The Kier molecular flexibility index (Phi) is 4.77. The number of hydrogen-bond donors (Lipinski definition) is 0. The summed E-state index contributed by atoms with van der Waals surface area (Å²) < 4.78 is 4.84. The zero-order valence-corrected chi connectivity index (χ0v) is 19.7. The normalized spacial score (nSPS) is 17.7. The largest absolute Gasteiger partial charge is 0.465 e. The fraction of sp³-hybridized carbons (Fsp3) is 0.379. The minimum atomic E-state index is -0.308. The number of pyridine rings is 1. The third kappa shape index (κ3) is 3.26. The Hall–Kier alpha value is -2.94. The van der Waals surface area contributed by atoms with E-state index in [1.165, 1.54) is 53.3 Å². The maximum Gasteiger partial charge on any atom is 0.337 e. The van der Waals surface area contributed by atoms with Crippen molar-refractivity contribution in [1.82, 2.24) is 4.98 Å². The van der Waals surface area contributed by atoms with Crippen LogP contribution < -0.4 is 0 Å². The SMILES string of the molecule is COC(=O)c1ccc(-c2ccnc3c2CCc2cc4c(cc2-3)C(C)(C)CCC4(C)C)cc1. The van der Waals surface area contributed by atoms with Crippen LogP contribution in [0.2, 0.25) is 0 Å². The molecule has 32 heavy (non-hydrogen) atoms. The molecule has 2 aliphatic rings. The number of methoxy groups -OCH3 is 1. The summed E-state index contributed by atoms with van der Waals surface area (Å²) >= 11 is 0. The molecule has 164 valence electrons. The number of nitrogens with zero attached hydrogens (tertiary/aromatic N) is 1. The maximum atomic E-state index is 11.8. The van der Waals surface area contributed by atoms with Crippen LogP contribution in [-0.2, 0) is 28.4 Å². The van der Waals surface area contributed by atoms with Gasteiger partial charge in [-0.1, -0.05) is 45.9 Å². The number of esters is 1. The number of hydrogen-bond acceptors (Lipinski definition) is 3. The van der Waals surface area contributed by atoms with Crippen molar-refractivity contribution in [3.8, 4) is 22.4 Å². The average molecular weight is 426 g/mol. The molecule has 0 N–H and O–H groups in total. The fourth-order valence-electron chi connectivity index (χ4n) is 5.50. The third-order valence-electron chi connectivity index (χ3n) is 7.65. The predicted molar refractivity (Wildman–Crippen MR) is 129 cm³/mol. The monoisotopic (exact) mass is 425 g/mol. The summed E-state index contributed by atoms with van der Waals surface area (Å²) in [6, 6.07) is 14.7. The Balaban J connectivity index is 1.64. The van der Waals surface area contributed by atoms with Gasteiger partial charge in [0.05, 0.1) is 18.4 Å². The van der Waals surface area contributed by atoms with Gasteiger partial charge in [-0.05, 0) is 94.2 Å². The molecular weight excluding hydrogens is 394 g/mol. The van der Waals surface area contributed by atoms with Gasteiger partial charge in [0.15, 0.2) is 0 Å². The molecule has 0 unspecified atom stereocenters. The highest BCUT2D eigenvalue weighted by molar-refractivity contribution is 5.90. The van der Waals surface area contributed by atoms with E-state index in [9.17, 15) is 4.79 Å². The van der Waals surface area contributed by atoms with Crippen molar-refractivity contribution in [3.05, 3.63) is 76.5 Å². The van der Waals surface area contributed by atoms with E-state index in [0.717, 1.165) is 24.1 Å². The highest BCUT2D eigenvalue weighted by Gasteiger charge is 2.38. The molecule has 0 saturated carbocycles. The Labute approximate surface area is 190 Å². The van der Waals surface area contributed by atoms with Gasteiger partial charge in [-0.15, -0.1) is 0 Å². The lowest BCUT2D eigenvalue weighted by Gasteiger charge is -2.43. The van der Waals surface area contributed by atoms with Crippen molar-refractivity contribution >= 4 is 5.97 Å². The van der Waals surface area contributed by atoms with Crippen LogP contribution in [0.25, 0.3) is 22.4 Å². The van der Waals surface area contributed by atoms with Gasteiger partial charge in [0.1, 0.15) is 0 Å². The molecular formula is C29H31NO2. The average Bonchev–Trinajstić information content (AvgIpc) is 2.80. The summed E-state index contributed by atoms with van der Waals surface area (Å²) in [5.74, 6) is -0.308. The van der Waals surface area contributed by atoms with Crippen LogP contribution in [0.5, 0.6) is 0 Å². The van der Waals surface area contributed by atoms with Crippen LogP contribution in [0.3, 0.4) is 0 Å². The van der Waals surface area contributed by atoms with Crippen molar-refractivity contribution in [1.29, 1.82) is 0 Å². The molecule has 0 spiro atoms. The molecule has 5 rings (SSSR count). The molecule has 3 aromatic rings. The van der Waals surface area contributed by atoms with Gasteiger partial charge in [-0.3, -0.25) is 4.98 Å². The molecule has 2 aromatic carbocycles. The van der Waals surface area contributed by atoms with Gasteiger partial charge in [0, 0.05) is 11.8 Å². The first-order chi connectivity index (χ1) is 15.2. The molecule has 2 aliphatic carbocycles. The van der Waals surface area contributed by atoms with Crippen molar-refractivity contribution in [2.24, 2.45) is 0 Å². The summed E-state index contributed by atoms with van der Waals surface area (Å²) in [5.41, 5.74) is 11.4. The van der Waals surface area contributed by atoms with Crippen molar-refractivity contribution in [2.75, 3.05) is 7.11 Å². The van der Waals surface area contributed by atoms with Crippen LogP contribution >= 0.6 is 0 Å². The lowest BCUT2D eigenvalue weighted by atomic mass is 9.62. The van der Waals surface area contributed by atoms with E-state index in [4.69, 9.17) is 9.72 Å². The summed E-state index contributed by atoms with van der Waals surface area (Å²) in [6.07, 6.45) is 6.37. The Morgan fingerprint density at radius 3 is 2.19 bits per heavy atom. The third-order valence-corrected chi connectivity index (χ3v) is 7.65. The quantitative estimate of drug-likeness (QED) is 0.432. The van der Waals surface area contributed by atoms with E-state index < -0.39 is 0 Å². The minimum absolute atomic E-state index is 0.179. The van der Waals surface area contributed by atoms with Gasteiger partial charge in [-0.25, -0.2) is 4.79 Å². The maximum absolute atomic E-state index is 11.8. The Morgan fingerprint density at radius 2 is 1.53 bits per heavy atom. The van der Waals surface area contributed by atoms with Gasteiger partial charge >= 0.3 is 5.97 Å². The molecule has 3 nitrogen and oxygen atoms in total. The lowest BCUT2D eigenvalue weighted by Crippen LogP contribution is -2.34. The second-order valence-corrected chi connectivity index (χ2v) is 10.6. The molecule has 0 bridgehead atoms. The molecule has 0 fully saturated rings. The predicted octanol–water partition coefficient (Wildman–Crippen LogP) is 6.65. The number of aryl methyl sites for hydroxylation is 1. The van der Waals surface area contributed by atoms with E-state index in [1.807, 2.05) is 30.5 Å². The van der Waals surface area contributed by atoms with Crippen LogP contribution in [0.15, 0.2) is 48.7 Å². The highest BCUT2D eigenvalue weighted by Crippen LogP contribution is 2.49. The van der Waals surface area contributed by atoms with Crippen molar-refractivity contribution in [2.45, 2.75) is 64.2 Å². The molecule has 0 aliphatic heterocycles. The first-order valence-electron chi connectivity index (χ1n) is 11.6. The zero-order valence-electron chi connectivity index (χ0n) is 19.7. The second-order valence-electron chi connectivity index (χ2n) is 10.6. The summed E-state index contributed by atoms with van der Waals surface area (Å²) in [7, 11) is 1.41. The topological polar surface area (TPSA) is 39.2 Å². The molecule has 3 heteroatoms. The van der Waals surface area contributed by atoms with Gasteiger partial charge in [0.25, 0.3) is 0 Å². The lowest BCUT2D eigenvalue weighted by molar-refractivity contribution is 0.0600. The molecule has 0 amide bonds. The zero-order chi connectivity index (χ0) is 22.7. The summed E-state index contributed by atoms with van der Waals surface area (Å²) in [4.78, 5) is 16.7. The van der Waals surface area contributed by atoms with E-state index >= 15 is 0 Å². The highest BCUT2D eigenvalue weighted by atomic mass is 16.5.